The van der Waals surface area contributed by atoms with Crippen molar-refractivity contribution >= 4 is 42.6 Å². The van der Waals surface area contributed by atoms with Gasteiger partial charge in [-0.25, -0.2) is 13.8 Å². The number of hydrogen-bond donors (Lipinski definition) is 1. The second kappa shape index (κ2) is 2.88. The summed E-state index contributed by atoms with van der Waals surface area (Å²) in [6, 6.07) is 1.46. The smallest absolute Gasteiger partial charge is 0.187 e. The average molecular weight is 265 g/mol. The zero-order valence-electron chi connectivity index (χ0n) is 6.14. The van der Waals surface area contributed by atoms with E-state index in [0.29, 0.717) is 4.70 Å². The highest BCUT2D eigenvalue weighted by Crippen LogP contribution is 2.31. The Balaban J connectivity index is 2.92. The van der Waals surface area contributed by atoms with E-state index in [9.17, 15) is 8.78 Å². The third kappa shape index (κ3) is 1.30. The second-order valence-corrected chi connectivity index (χ2v) is 4.30. The lowest BCUT2D eigenvalue weighted by Gasteiger charge is -1.95. The third-order valence-corrected chi connectivity index (χ3v) is 2.95. The van der Waals surface area contributed by atoms with Crippen molar-refractivity contribution in [3.63, 3.8) is 0 Å². The SMILES string of the molecule is Nc1nc2c(F)c(F)c(Br)cc2s1. The van der Waals surface area contributed by atoms with Crippen LogP contribution in [0.2, 0.25) is 0 Å². The molecule has 0 unspecified atom stereocenters. The van der Waals surface area contributed by atoms with Crippen LogP contribution in [0.25, 0.3) is 10.2 Å². The van der Waals surface area contributed by atoms with Gasteiger partial charge in [0.2, 0.25) is 0 Å². The number of fused-ring (bicyclic) bond motifs is 1. The molecule has 0 bridgehead atoms. The van der Waals surface area contributed by atoms with Crippen molar-refractivity contribution in [3.05, 3.63) is 22.2 Å². The average Bonchev–Trinajstić information content (AvgIpc) is 2.42. The minimum atomic E-state index is -0.961. The van der Waals surface area contributed by atoms with Gasteiger partial charge in [0, 0.05) is 0 Å². The van der Waals surface area contributed by atoms with E-state index in [2.05, 4.69) is 20.9 Å². The standard InChI is InChI=1S/C7H3BrF2N2S/c8-2-1-3-6(5(10)4(2)9)12-7(11)13-3/h1H,(H2,11,12). The molecule has 1 aromatic carbocycles. The van der Waals surface area contributed by atoms with Crippen LogP contribution in [0.1, 0.15) is 0 Å². The predicted molar refractivity (Wildman–Crippen MR) is 51.6 cm³/mol. The van der Waals surface area contributed by atoms with Gasteiger partial charge in [-0.1, -0.05) is 11.3 Å². The van der Waals surface area contributed by atoms with Crippen molar-refractivity contribution in [2.24, 2.45) is 0 Å². The summed E-state index contributed by atoms with van der Waals surface area (Å²) in [6.45, 7) is 0. The first-order valence-electron chi connectivity index (χ1n) is 3.29. The lowest BCUT2D eigenvalue weighted by Crippen LogP contribution is -1.87. The van der Waals surface area contributed by atoms with Crippen LogP contribution in [0.5, 0.6) is 0 Å². The minimum Gasteiger partial charge on any atom is -0.375 e. The van der Waals surface area contributed by atoms with Gasteiger partial charge in [0.05, 0.1) is 9.17 Å². The molecule has 2 rings (SSSR count). The zero-order chi connectivity index (χ0) is 9.59. The fourth-order valence-electron chi connectivity index (χ4n) is 0.991. The first-order chi connectivity index (χ1) is 6.09. The van der Waals surface area contributed by atoms with Crippen LogP contribution in [0.4, 0.5) is 13.9 Å². The highest BCUT2D eigenvalue weighted by Gasteiger charge is 2.14. The van der Waals surface area contributed by atoms with Gasteiger partial charge in [0.15, 0.2) is 16.8 Å². The van der Waals surface area contributed by atoms with Crippen molar-refractivity contribution in [2.75, 3.05) is 5.73 Å². The molecule has 0 saturated carbocycles. The summed E-state index contributed by atoms with van der Waals surface area (Å²) in [7, 11) is 0. The topological polar surface area (TPSA) is 38.9 Å². The summed E-state index contributed by atoms with van der Waals surface area (Å²) >= 11 is 4.02. The lowest BCUT2D eigenvalue weighted by molar-refractivity contribution is 0.511. The van der Waals surface area contributed by atoms with E-state index in [4.69, 9.17) is 5.73 Å². The molecule has 6 heteroatoms. The minimum absolute atomic E-state index is 0.0109. The number of rotatable bonds is 0. The van der Waals surface area contributed by atoms with Crippen molar-refractivity contribution in [3.8, 4) is 0 Å². The van der Waals surface area contributed by atoms with Gasteiger partial charge in [-0.05, 0) is 22.0 Å². The van der Waals surface area contributed by atoms with E-state index in [1.165, 1.54) is 6.07 Å². The highest BCUT2D eigenvalue weighted by atomic mass is 79.9. The van der Waals surface area contributed by atoms with E-state index in [1.54, 1.807) is 0 Å². The highest BCUT2D eigenvalue weighted by molar-refractivity contribution is 9.10. The Morgan fingerprint density at radius 3 is 2.77 bits per heavy atom. The Labute approximate surface area is 84.5 Å². The summed E-state index contributed by atoms with van der Waals surface area (Å²) in [6.07, 6.45) is 0. The molecule has 1 heterocycles. The number of nitrogen functional groups attached to an aromatic ring is 1. The number of benzene rings is 1. The van der Waals surface area contributed by atoms with Crippen LogP contribution in [-0.4, -0.2) is 4.98 Å². The normalized spacial score (nSPS) is 11.0. The van der Waals surface area contributed by atoms with Crippen molar-refractivity contribution in [1.82, 2.24) is 4.98 Å². The molecular weight excluding hydrogens is 262 g/mol. The molecule has 2 aromatic rings. The maximum Gasteiger partial charge on any atom is 0.187 e. The van der Waals surface area contributed by atoms with Crippen LogP contribution in [-0.2, 0) is 0 Å². The molecule has 0 amide bonds. The summed E-state index contributed by atoms with van der Waals surface area (Å²) < 4.78 is 26.7. The maximum absolute atomic E-state index is 13.2. The molecule has 1 aromatic heterocycles. The van der Waals surface area contributed by atoms with Gasteiger partial charge in [-0.15, -0.1) is 0 Å². The van der Waals surface area contributed by atoms with Gasteiger partial charge in [0.25, 0.3) is 0 Å². The van der Waals surface area contributed by atoms with Crippen LogP contribution >= 0.6 is 27.3 Å². The molecule has 0 aliphatic carbocycles. The monoisotopic (exact) mass is 264 g/mol. The molecule has 0 spiro atoms. The molecule has 0 fully saturated rings. The molecule has 0 aliphatic heterocycles. The molecule has 0 saturated heterocycles. The van der Waals surface area contributed by atoms with Crippen molar-refractivity contribution in [1.29, 1.82) is 0 Å². The first kappa shape index (κ1) is 8.83. The number of thiazole rings is 1. The van der Waals surface area contributed by atoms with Gasteiger partial charge < -0.3 is 5.73 Å². The van der Waals surface area contributed by atoms with Gasteiger partial charge in [0.1, 0.15) is 5.52 Å². The fourth-order valence-corrected chi connectivity index (χ4v) is 2.32. The van der Waals surface area contributed by atoms with E-state index in [0.717, 1.165) is 11.3 Å². The number of nitrogens with zero attached hydrogens (tertiary/aromatic N) is 1. The van der Waals surface area contributed by atoms with Crippen molar-refractivity contribution < 1.29 is 8.78 Å². The Hall–Kier alpha value is -0.750. The lowest BCUT2D eigenvalue weighted by atomic mass is 10.3. The summed E-state index contributed by atoms with van der Waals surface area (Å²) in [5, 5.41) is 0.228. The molecule has 13 heavy (non-hydrogen) atoms. The summed E-state index contributed by atoms with van der Waals surface area (Å²) in [5.41, 5.74) is 5.35. The fraction of sp³-hybridized carbons (Fsp3) is 0. The Morgan fingerprint density at radius 2 is 2.08 bits per heavy atom. The van der Waals surface area contributed by atoms with Crippen LogP contribution in [0.15, 0.2) is 10.5 Å². The van der Waals surface area contributed by atoms with E-state index < -0.39 is 11.6 Å². The third-order valence-electron chi connectivity index (χ3n) is 1.54. The van der Waals surface area contributed by atoms with Crippen molar-refractivity contribution in [2.45, 2.75) is 0 Å². The van der Waals surface area contributed by atoms with Gasteiger partial charge in [-0.3, -0.25) is 0 Å². The molecule has 0 atom stereocenters. The molecule has 68 valence electrons. The van der Waals surface area contributed by atoms with E-state index in [-0.39, 0.29) is 15.1 Å². The quantitative estimate of drug-likeness (QED) is 0.744. The number of halogens is 3. The van der Waals surface area contributed by atoms with E-state index in [1.807, 2.05) is 0 Å². The molecular formula is C7H3BrF2N2S. The Bertz CT molecular complexity index is 483. The van der Waals surface area contributed by atoms with Crippen LogP contribution in [0, 0.1) is 11.6 Å². The number of nitrogens with two attached hydrogens (primary N) is 1. The van der Waals surface area contributed by atoms with Crippen LogP contribution in [0.3, 0.4) is 0 Å². The molecule has 2 nitrogen and oxygen atoms in total. The zero-order valence-corrected chi connectivity index (χ0v) is 8.55. The first-order valence-corrected chi connectivity index (χ1v) is 4.90. The number of aromatic nitrogens is 1. The maximum atomic E-state index is 13.2. The molecule has 0 radical (unpaired) electrons. The second-order valence-electron chi connectivity index (χ2n) is 2.39. The summed E-state index contributed by atoms with van der Waals surface area (Å²) in [5.74, 6) is -1.89. The van der Waals surface area contributed by atoms with Gasteiger partial charge in [-0.2, -0.15) is 0 Å². The number of anilines is 1. The van der Waals surface area contributed by atoms with Gasteiger partial charge >= 0.3 is 0 Å². The predicted octanol–water partition coefficient (Wildman–Crippen LogP) is 2.92. The molecule has 0 aliphatic rings. The number of hydrogen-bond acceptors (Lipinski definition) is 3. The van der Waals surface area contributed by atoms with E-state index >= 15 is 0 Å². The molecule has 2 N–H and O–H groups in total. The largest absolute Gasteiger partial charge is 0.375 e. The Kier molecular flexibility index (Phi) is 1.96. The van der Waals surface area contributed by atoms with Crippen LogP contribution < -0.4 is 5.73 Å². The Morgan fingerprint density at radius 1 is 1.38 bits per heavy atom. The summed E-state index contributed by atoms with van der Waals surface area (Å²) in [4.78, 5) is 3.68.